The van der Waals surface area contributed by atoms with E-state index in [-0.39, 0.29) is 30.9 Å². The summed E-state index contributed by atoms with van der Waals surface area (Å²) < 4.78 is 19.2. The van der Waals surface area contributed by atoms with E-state index in [4.69, 9.17) is 4.74 Å². The lowest BCUT2D eigenvalue weighted by atomic mass is 10.0. The van der Waals surface area contributed by atoms with Gasteiger partial charge in [0.05, 0.1) is 11.0 Å². The Hall–Kier alpha value is -2.45. The molecule has 1 aliphatic rings. The van der Waals surface area contributed by atoms with Crippen LogP contribution in [0.5, 0.6) is 0 Å². The van der Waals surface area contributed by atoms with Gasteiger partial charge >= 0.3 is 11.8 Å². The molecule has 1 saturated heterocycles. The standard InChI is InChI=1S/C15H21FN4O4/c1-15(2,3)24-14(21)18-11-6-10(16)8-19(9-11)12-4-5-17-7-13(12)20(22)23/h4-5,7,10-11H,6,8-9H2,1-3H3,(H,18,21)/t10-,11+/m1/s1. The molecule has 1 fully saturated rings. The van der Waals surface area contributed by atoms with Crippen LogP contribution in [0.2, 0.25) is 0 Å². The molecule has 9 heteroatoms. The highest BCUT2D eigenvalue weighted by molar-refractivity contribution is 5.68. The number of nitrogens with zero attached hydrogens (tertiary/aromatic N) is 3. The fraction of sp³-hybridized carbons (Fsp3) is 0.600. The van der Waals surface area contributed by atoms with Crippen LogP contribution in [0.3, 0.4) is 0 Å². The lowest BCUT2D eigenvalue weighted by Gasteiger charge is -2.36. The van der Waals surface area contributed by atoms with Crippen LogP contribution in [0.15, 0.2) is 18.5 Å². The minimum atomic E-state index is -1.22. The molecule has 0 radical (unpaired) electrons. The van der Waals surface area contributed by atoms with Crippen molar-refractivity contribution in [2.24, 2.45) is 0 Å². The topological polar surface area (TPSA) is 97.6 Å². The zero-order valence-corrected chi connectivity index (χ0v) is 13.9. The van der Waals surface area contributed by atoms with Crippen LogP contribution in [-0.2, 0) is 4.74 Å². The Kier molecular flexibility index (Phi) is 5.20. The average Bonchev–Trinajstić information content (AvgIpc) is 2.44. The van der Waals surface area contributed by atoms with E-state index < -0.39 is 28.8 Å². The van der Waals surface area contributed by atoms with Gasteiger partial charge in [-0.2, -0.15) is 0 Å². The second-order valence-corrected chi connectivity index (χ2v) is 6.70. The van der Waals surface area contributed by atoms with E-state index >= 15 is 0 Å². The van der Waals surface area contributed by atoms with Gasteiger partial charge in [-0.25, -0.2) is 9.18 Å². The highest BCUT2D eigenvalue weighted by Crippen LogP contribution is 2.29. The van der Waals surface area contributed by atoms with Crippen LogP contribution in [0.4, 0.5) is 20.6 Å². The van der Waals surface area contributed by atoms with E-state index in [2.05, 4.69) is 10.3 Å². The predicted octanol–water partition coefficient (Wildman–Crippen LogP) is 2.43. The molecule has 2 rings (SSSR count). The van der Waals surface area contributed by atoms with E-state index in [0.717, 1.165) is 6.20 Å². The fourth-order valence-corrected chi connectivity index (χ4v) is 2.60. The maximum absolute atomic E-state index is 14.1. The van der Waals surface area contributed by atoms with Crippen molar-refractivity contribution in [2.45, 2.75) is 45.0 Å². The molecule has 132 valence electrons. The first kappa shape index (κ1) is 17.9. The molecule has 1 aliphatic heterocycles. The van der Waals surface area contributed by atoms with Gasteiger partial charge in [-0.05, 0) is 26.8 Å². The molecule has 0 aromatic carbocycles. The first-order valence-electron chi connectivity index (χ1n) is 7.62. The number of hydrogen-bond donors (Lipinski definition) is 1. The highest BCUT2D eigenvalue weighted by Gasteiger charge is 2.32. The number of amides is 1. The number of carbonyl (C=O) groups is 1. The lowest BCUT2D eigenvalue weighted by molar-refractivity contribution is -0.384. The third-order valence-corrected chi connectivity index (χ3v) is 3.44. The Bertz CT molecular complexity index is 620. The molecule has 2 atom stereocenters. The number of pyridine rings is 1. The van der Waals surface area contributed by atoms with Crippen molar-refractivity contribution in [3.63, 3.8) is 0 Å². The average molecular weight is 340 g/mol. The summed E-state index contributed by atoms with van der Waals surface area (Å²) in [5, 5.41) is 13.7. The minimum Gasteiger partial charge on any atom is -0.444 e. The Balaban J connectivity index is 2.11. The summed E-state index contributed by atoms with van der Waals surface area (Å²) in [6.45, 7) is 5.48. The third-order valence-electron chi connectivity index (χ3n) is 3.44. The molecular weight excluding hydrogens is 319 g/mol. The van der Waals surface area contributed by atoms with Crippen molar-refractivity contribution in [3.8, 4) is 0 Å². The monoisotopic (exact) mass is 340 g/mol. The van der Waals surface area contributed by atoms with Crippen molar-refractivity contribution >= 4 is 17.5 Å². The van der Waals surface area contributed by atoms with E-state index in [1.54, 1.807) is 25.7 Å². The molecule has 0 unspecified atom stereocenters. The van der Waals surface area contributed by atoms with Gasteiger partial charge in [0, 0.05) is 25.7 Å². The van der Waals surface area contributed by atoms with Gasteiger partial charge in [-0.15, -0.1) is 0 Å². The SMILES string of the molecule is CC(C)(C)OC(=O)N[C@H]1C[C@@H](F)CN(c2ccncc2[N+](=O)[O-])C1. The van der Waals surface area contributed by atoms with E-state index in [0.29, 0.717) is 0 Å². The fourth-order valence-electron chi connectivity index (χ4n) is 2.60. The molecule has 0 saturated carbocycles. The Morgan fingerprint density at radius 1 is 1.50 bits per heavy atom. The van der Waals surface area contributed by atoms with E-state index in [1.165, 1.54) is 12.3 Å². The van der Waals surface area contributed by atoms with Gasteiger partial charge in [0.1, 0.15) is 23.7 Å². The summed E-state index contributed by atoms with van der Waals surface area (Å²) in [7, 11) is 0. The number of aromatic nitrogens is 1. The summed E-state index contributed by atoms with van der Waals surface area (Å²) in [5.74, 6) is 0. The number of carbonyl (C=O) groups excluding carboxylic acids is 1. The molecule has 1 N–H and O–H groups in total. The van der Waals surface area contributed by atoms with Crippen molar-refractivity contribution < 1.29 is 18.8 Å². The molecule has 1 aromatic rings. The van der Waals surface area contributed by atoms with Crippen LogP contribution < -0.4 is 10.2 Å². The quantitative estimate of drug-likeness (QED) is 0.670. The number of ether oxygens (including phenoxy) is 1. The first-order valence-corrected chi connectivity index (χ1v) is 7.62. The van der Waals surface area contributed by atoms with Crippen LogP contribution in [0.25, 0.3) is 0 Å². The molecule has 8 nitrogen and oxygen atoms in total. The minimum absolute atomic E-state index is 0.0252. The Labute approximate surface area is 139 Å². The molecule has 24 heavy (non-hydrogen) atoms. The van der Waals surface area contributed by atoms with Crippen molar-refractivity contribution in [3.05, 3.63) is 28.6 Å². The zero-order chi connectivity index (χ0) is 17.9. The number of hydrogen-bond acceptors (Lipinski definition) is 6. The zero-order valence-electron chi connectivity index (χ0n) is 13.9. The van der Waals surface area contributed by atoms with Crippen molar-refractivity contribution in [1.29, 1.82) is 0 Å². The molecular formula is C15H21FN4O4. The lowest BCUT2D eigenvalue weighted by Crippen LogP contribution is -2.52. The number of anilines is 1. The third kappa shape index (κ3) is 4.77. The summed E-state index contributed by atoms with van der Waals surface area (Å²) in [6.07, 6.45) is 0.833. The summed E-state index contributed by atoms with van der Waals surface area (Å²) >= 11 is 0. The maximum atomic E-state index is 14.1. The van der Waals surface area contributed by atoms with Gasteiger partial charge in [-0.3, -0.25) is 15.1 Å². The van der Waals surface area contributed by atoms with Gasteiger partial charge in [0.2, 0.25) is 0 Å². The van der Waals surface area contributed by atoms with Crippen LogP contribution in [0, 0.1) is 10.1 Å². The second kappa shape index (κ2) is 6.98. The number of halogens is 1. The summed E-state index contributed by atoms with van der Waals surface area (Å²) in [6, 6.07) is 0.970. The number of rotatable bonds is 3. The number of alkyl carbamates (subject to hydrolysis) is 1. The Morgan fingerprint density at radius 3 is 2.83 bits per heavy atom. The number of nitrogens with one attached hydrogen (secondary N) is 1. The summed E-state index contributed by atoms with van der Waals surface area (Å²) in [4.78, 5) is 27.7. The largest absolute Gasteiger partial charge is 0.444 e. The number of nitro groups is 1. The molecule has 1 aromatic heterocycles. The van der Waals surface area contributed by atoms with E-state index in [9.17, 15) is 19.3 Å². The highest BCUT2D eigenvalue weighted by atomic mass is 19.1. The van der Waals surface area contributed by atoms with Crippen LogP contribution >= 0.6 is 0 Å². The number of piperidine rings is 1. The van der Waals surface area contributed by atoms with Crippen molar-refractivity contribution in [2.75, 3.05) is 18.0 Å². The molecule has 2 heterocycles. The molecule has 0 aliphatic carbocycles. The van der Waals surface area contributed by atoms with Gasteiger partial charge < -0.3 is 15.0 Å². The second-order valence-electron chi connectivity index (χ2n) is 6.70. The molecule has 0 bridgehead atoms. The molecule has 1 amide bonds. The smallest absolute Gasteiger partial charge is 0.407 e. The van der Waals surface area contributed by atoms with Crippen LogP contribution in [0.1, 0.15) is 27.2 Å². The Morgan fingerprint density at radius 2 is 2.21 bits per heavy atom. The van der Waals surface area contributed by atoms with Crippen LogP contribution in [-0.4, -0.2) is 46.9 Å². The van der Waals surface area contributed by atoms with Gasteiger partial charge in [0.25, 0.3) is 0 Å². The number of alkyl halides is 1. The van der Waals surface area contributed by atoms with Crippen molar-refractivity contribution in [1.82, 2.24) is 10.3 Å². The summed E-state index contributed by atoms with van der Waals surface area (Å²) in [5.41, 5.74) is -0.562. The predicted molar refractivity (Wildman–Crippen MR) is 85.8 cm³/mol. The molecule has 0 spiro atoms. The van der Waals surface area contributed by atoms with Gasteiger partial charge in [-0.1, -0.05) is 0 Å². The van der Waals surface area contributed by atoms with Gasteiger partial charge in [0.15, 0.2) is 0 Å². The van der Waals surface area contributed by atoms with E-state index in [1.807, 2.05) is 0 Å². The maximum Gasteiger partial charge on any atom is 0.407 e. The first-order chi connectivity index (χ1) is 11.2. The normalized spacial score (nSPS) is 21.2.